The van der Waals surface area contributed by atoms with Crippen LogP contribution in [0.1, 0.15) is 46.5 Å². The molecule has 0 aromatic carbocycles. The van der Waals surface area contributed by atoms with Crippen LogP contribution in [-0.2, 0) is 9.53 Å². The summed E-state index contributed by atoms with van der Waals surface area (Å²) in [6, 6.07) is 0.120. The van der Waals surface area contributed by atoms with Gasteiger partial charge in [-0.3, -0.25) is 4.79 Å². The number of carbonyl (C=O) groups is 2. The van der Waals surface area contributed by atoms with E-state index in [2.05, 4.69) is 26.1 Å². The molecule has 0 radical (unpaired) electrons. The summed E-state index contributed by atoms with van der Waals surface area (Å²) in [4.78, 5) is 28.6. The number of rotatable bonds is 3. The van der Waals surface area contributed by atoms with Gasteiger partial charge < -0.3 is 19.9 Å². The molecule has 1 heterocycles. The van der Waals surface area contributed by atoms with Crippen molar-refractivity contribution < 1.29 is 14.3 Å². The quantitative estimate of drug-likeness (QED) is 0.855. The number of nitrogens with zero attached hydrogens (tertiary/aromatic N) is 2. The number of ether oxygens (including phenoxy) is 1. The minimum atomic E-state index is -0.183. The van der Waals surface area contributed by atoms with E-state index in [1.807, 2.05) is 9.80 Å². The van der Waals surface area contributed by atoms with Crippen molar-refractivity contribution in [2.24, 2.45) is 11.3 Å². The average Bonchev–Trinajstić information content (AvgIpc) is 3.39. The second-order valence-corrected chi connectivity index (χ2v) is 8.30. The normalized spacial score (nSPS) is 32.8. The third-order valence-electron chi connectivity index (χ3n) is 6.60. The molecule has 0 unspecified atom stereocenters. The number of nitrogens with one attached hydrogen (secondary N) is 1. The van der Waals surface area contributed by atoms with Gasteiger partial charge in [-0.05, 0) is 32.6 Å². The Labute approximate surface area is 144 Å². The summed E-state index contributed by atoms with van der Waals surface area (Å²) in [6.45, 7) is 9.16. The highest BCUT2D eigenvalue weighted by molar-refractivity contribution is 5.81. The Hall–Kier alpha value is -1.30. The SMILES string of the molecule is CO[C@@]1(C)C[C@H](NC(=O)N2CCCN(C(=O)C3CC3)CC2)C1(C)C. The highest BCUT2D eigenvalue weighted by atomic mass is 16.5. The molecule has 24 heavy (non-hydrogen) atoms. The van der Waals surface area contributed by atoms with Gasteiger partial charge in [-0.2, -0.15) is 0 Å². The van der Waals surface area contributed by atoms with Crippen molar-refractivity contribution in [3.8, 4) is 0 Å². The van der Waals surface area contributed by atoms with Gasteiger partial charge in [0, 0.05) is 50.7 Å². The number of urea groups is 1. The summed E-state index contributed by atoms with van der Waals surface area (Å²) in [7, 11) is 1.74. The van der Waals surface area contributed by atoms with Gasteiger partial charge in [-0.25, -0.2) is 4.79 Å². The fraction of sp³-hybridized carbons (Fsp3) is 0.889. The molecule has 3 rings (SSSR count). The lowest BCUT2D eigenvalue weighted by molar-refractivity contribution is -0.177. The van der Waals surface area contributed by atoms with Crippen molar-refractivity contribution in [3.63, 3.8) is 0 Å². The van der Waals surface area contributed by atoms with Gasteiger partial charge in [0.05, 0.1) is 5.60 Å². The van der Waals surface area contributed by atoms with Gasteiger partial charge >= 0.3 is 6.03 Å². The number of carbonyl (C=O) groups excluding carboxylic acids is 2. The molecule has 3 aliphatic rings. The summed E-state index contributed by atoms with van der Waals surface area (Å²) >= 11 is 0. The first-order valence-electron chi connectivity index (χ1n) is 9.18. The molecule has 0 aromatic rings. The lowest BCUT2D eigenvalue weighted by atomic mass is 9.56. The van der Waals surface area contributed by atoms with Crippen LogP contribution in [0.25, 0.3) is 0 Å². The van der Waals surface area contributed by atoms with Gasteiger partial charge in [0.1, 0.15) is 0 Å². The Morgan fingerprint density at radius 2 is 1.67 bits per heavy atom. The van der Waals surface area contributed by atoms with Crippen LogP contribution in [0.5, 0.6) is 0 Å². The number of methoxy groups -OCH3 is 1. The molecule has 136 valence electrons. The summed E-state index contributed by atoms with van der Waals surface area (Å²) in [6.07, 6.45) is 3.77. The molecule has 0 aromatic heterocycles. The number of amides is 3. The van der Waals surface area contributed by atoms with Gasteiger partial charge in [-0.1, -0.05) is 13.8 Å². The first-order valence-corrected chi connectivity index (χ1v) is 9.18. The topological polar surface area (TPSA) is 61.9 Å². The molecule has 2 atom stereocenters. The molecule has 1 N–H and O–H groups in total. The predicted molar refractivity (Wildman–Crippen MR) is 91.6 cm³/mol. The number of hydrogen-bond acceptors (Lipinski definition) is 3. The molecule has 0 bridgehead atoms. The van der Waals surface area contributed by atoms with Crippen LogP contribution in [-0.4, -0.2) is 66.7 Å². The number of hydrogen-bond donors (Lipinski definition) is 1. The molecule has 3 amide bonds. The van der Waals surface area contributed by atoms with E-state index in [0.717, 1.165) is 38.8 Å². The van der Waals surface area contributed by atoms with E-state index in [1.54, 1.807) is 7.11 Å². The van der Waals surface area contributed by atoms with Gasteiger partial charge in [0.25, 0.3) is 0 Å². The molecule has 1 aliphatic heterocycles. The molecule has 2 saturated carbocycles. The van der Waals surface area contributed by atoms with Crippen molar-refractivity contribution in [2.45, 2.75) is 58.1 Å². The smallest absolute Gasteiger partial charge is 0.317 e. The fourth-order valence-corrected chi connectivity index (χ4v) is 3.89. The molecule has 0 spiro atoms. The maximum Gasteiger partial charge on any atom is 0.317 e. The van der Waals surface area contributed by atoms with Gasteiger partial charge in [0.15, 0.2) is 0 Å². The Bertz CT molecular complexity index is 518. The standard InChI is InChI=1S/C18H31N3O3/c1-17(2)14(12-18(17,3)24-4)19-16(23)21-9-5-8-20(10-11-21)15(22)13-6-7-13/h13-14H,5-12H2,1-4H3,(H,19,23)/t14-,18-/m0/s1. The lowest BCUT2D eigenvalue weighted by Gasteiger charge is -2.59. The molecule has 1 saturated heterocycles. The van der Waals surface area contributed by atoms with E-state index in [0.29, 0.717) is 13.1 Å². The van der Waals surface area contributed by atoms with Gasteiger partial charge in [-0.15, -0.1) is 0 Å². The van der Waals surface area contributed by atoms with Crippen LogP contribution in [0, 0.1) is 11.3 Å². The summed E-state index contributed by atoms with van der Waals surface area (Å²) in [5.74, 6) is 0.543. The largest absolute Gasteiger partial charge is 0.378 e. The average molecular weight is 337 g/mol. The van der Waals surface area contributed by atoms with Crippen LogP contribution in [0.4, 0.5) is 4.79 Å². The molecule has 3 fully saturated rings. The van der Waals surface area contributed by atoms with Crippen molar-refractivity contribution in [1.82, 2.24) is 15.1 Å². The Morgan fingerprint density at radius 3 is 2.25 bits per heavy atom. The first kappa shape index (κ1) is 17.5. The van der Waals surface area contributed by atoms with Crippen LogP contribution < -0.4 is 5.32 Å². The van der Waals surface area contributed by atoms with E-state index in [4.69, 9.17) is 4.74 Å². The Balaban J connectivity index is 1.52. The minimum absolute atomic E-state index is 0.00745. The Kier molecular flexibility index (Phi) is 4.53. The van der Waals surface area contributed by atoms with Crippen molar-refractivity contribution >= 4 is 11.9 Å². The van der Waals surface area contributed by atoms with Gasteiger partial charge in [0.2, 0.25) is 5.91 Å². The van der Waals surface area contributed by atoms with Crippen LogP contribution in [0.3, 0.4) is 0 Å². The highest BCUT2D eigenvalue weighted by Crippen LogP contribution is 2.51. The fourth-order valence-electron chi connectivity index (χ4n) is 3.89. The van der Waals surface area contributed by atoms with E-state index in [1.165, 1.54) is 0 Å². The zero-order valence-corrected chi connectivity index (χ0v) is 15.4. The zero-order valence-electron chi connectivity index (χ0n) is 15.4. The second-order valence-electron chi connectivity index (χ2n) is 8.30. The molecule has 6 nitrogen and oxygen atoms in total. The molecular formula is C18H31N3O3. The zero-order chi connectivity index (χ0) is 17.5. The summed E-state index contributed by atoms with van der Waals surface area (Å²) < 4.78 is 5.63. The highest BCUT2D eigenvalue weighted by Gasteiger charge is 2.58. The van der Waals surface area contributed by atoms with Crippen LogP contribution in [0.2, 0.25) is 0 Å². The van der Waals surface area contributed by atoms with E-state index >= 15 is 0 Å². The van der Waals surface area contributed by atoms with Crippen LogP contribution >= 0.6 is 0 Å². The van der Waals surface area contributed by atoms with E-state index < -0.39 is 0 Å². The predicted octanol–water partition coefficient (Wildman–Crippen LogP) is 1.84. The third-order valence-corrected chi connectivity index (χ3v) is 6.60. The second kappa shape index (κ2) is 6.21. The van der Waals surface area contributed by atoms with Crippen molar-refractivity contribution in [2.75, 3.05) is 33.3 Å². The van der Waals surface area contributed by atoms with E-state index in [9.17, 15) is 9.59 Å². The Morgan fingerprint density at radius 1 is 1.04 bits per heavy atom. The minimum Gasteiger partial charge on any atom is -0.378 e. The van der Waals surface area contributed by atoms with E-state index in [-0.39, 0.29) is 34.9 Å². The summed E-state index contributed by atoms with van der Waals surface area (Å²) in [5, 5.41) is 3.18. The molecular weight excluding hydrogens is 306 g/mol. The van der Waals surface area contributed by atoms with Crippen molar-refractivity contribution in [1.29, 1.82) is 0 Å². The third kappa shape index (κ3) is 3.01. The summed E-state index contributed by atoms with van der Waals surface area (Å²) in [5.41, 5.74) is -0.269. The maximum absolute atomic E-state index is 12.6. The van der Waals surface area contributed by atoms with Crippen LogP contribution in [0.15, 0.2) is 0 Å². The van der Waals surface area contributed by atoms with Crippen molar-refractivity contribution in [3.05, 3.63) is 0 Å². The molecule has 2 aliphatic carbocycles. The first-order chi connectivity index (χ1) is 11.3. The molecule has 6 heteroatoms. The lowest BCUT2D eigenvalue weighted by Crippen LogP contribution is -2.69. The maximum atomic E-state index is 12.6. The monoisotopic (exact) mass is 337 g/mol.